The van der Waals surface area contributed by atoms with Crippen LogP contribution in [0, 0.1) is 5.41 Å². The molecule has 44 heavy (non-hydrogen) atoms. The Labute approximate surface area is 257 Å². The number of rotatable bonds is 9. The van der Waals surface area contributed by atoms with Crippen molar-refractivity contribution < 1.29 is 29.0 Å². The number of nitrogen functional groups attached to an aromatic ring is 1. The van der Waals surface area contributed by atoms with Gasteiger partial charge in [-0.3, -0.25) is 15.0 Å². The number of hydrogen-bond acceptors (Lipinski definition) is 8. The van der Waals surface area contributed by atoms with Gasteiger partial charge in [-0.25, -0.2) is 9.59 Å². The maximum absolute atomic E-state index is 12.7. The van der Waals surface area contributed by atoms with Crippen LogP contribution in [0.2, 0.25) is 0 Å². The van der Waals surface area contributed by atoms with Gasteiger partial charge in [0, 0.05) is 35.2 Å². The second kappa shape index (κ2) is 15.5. The molecule has 0 fully saturated rings. The molecule has 3 aromatic carbocycles. The molecule has 0 saturated carbocycles. The minimum absolute atomic E-state index is 0.0445. The highest BCUT2D eigenvalue weighted by Gasteiger charge is 2.14. The van der Waals surface area contributed by atoms with Crippen molar-refractivity contribution in [3.05, 3.63) is 106 Å². The first-order valence-corrected chi connectivity index (χ1v) is 14.0. The van der Waals surface area contributed by atoms with Crippen molar-refractivity contribution in [3.8, 4) is 0 Å². The lowest BCUT2D eigenvalue weighted by molar-refractivity contribution is -0.134. The number of hydrogen-bond donors (Lipinski definition) is 7. The van der Waals surface area contributed by atoms with Gasteiger partial charge >= 0.3 is 12.0 Å². The van der Waals surface area contributed by atoms with E-state index in [0.717, 1.165) is 18.2 Å². The van der Waals surface area contributed by atoms with Crippen LogP contribution in [0.1, 0.15) is 51.0 Å². The van der Waals surface area contributed by atoms with Crippen LogP contribution in [0.4, 0.5) is 27.5 Å². The lowest BCUT2D eigenvalue weighted by Gasteiger charge is -2.19. The summed E-state index contributed by atoms with van der Waals surface area (Å²) in [7, 11) is 1.31. The van der Waals surface area contributed by atoms with Crippen LogP contribution in [-0.4, -0.2) is 41.9 Å². The highest BCUT2D eigenvalue weighted by Crippen LogP contribution is 2.27. The van der Waals surface area contributed by atoms with Crippen LogP contribution in [0.15, 0.2) is 84.2 Å². The molecule has 0 bridgehead atoms. The van der Waals surface area contributed by atoms with E-state index in [9.17, 15) is 14.4 Å². The average molecular weight is 617 g/mol. The summed E-state index contributed by atoms with van der Waals surface area (Å²) in [5.41, 5.74) is 9.84. The molecule has 0 saturated heterocycles. The number of urea groups is 1. The zero-order valence-electron chi connectivity index (χ0n) is 24.1. The molecule has 1 aromatic heterocycles. The van der Waals surface area contributed by atoms with Gasteiger partial charge < -0.3 is 36.8 Å². The number of nitrogens with one attached hydrogen (secondary N) is 5. The number of methoxy groups -OCH3 is 1. The summed E-state index contributed by atoms with van der Waals surface area (Å²) >= 11 is 1.19. The number of amidine groups is 1. The number of amides is 3. The van der Waals surface area contributed by atoms with E-state index in [1.807, 2.05) is 37.3 Å². The Morgan fingerprint density at radius 1 is 0.864 bits per heavy atom. The van der Waals surface area contributed by atoms with E-state index in [0.29, 0.717) is 33.1 Å². The Kier molecular flexibility index (Phi) is 11.6. The summed E-state index contributed by atoms with van der Waals surface area (Å²) in [5.74, 6) is -1.62. The topological polar surface area (TPSA) is 196 Å². The molecule has 0 aliphatic carbocycles. The van der Waals surface area contributed by atoms with Gasteiger partial charge in [0.05, 0.1) is 24.2 Å². The van der Waals surface area contributed by atoms with Gasteiger partial charge in [-0.15, -0.1) is 11.3 Å². The molecule has 0 aliphatic heterocycles. The molecule has 1 unspecified atom stereocenters. The molecule has 1 heterocycles. The number of nitrogens with two attached hydrogens (primary N) is 1. The Balaban J connectivity index is 0.00000124. The first-order chi connectivity index (χ1) is 21.0. The van der Waals surface area contributed by atoms with Gasteiger partial charge in [0.15, 0.2) is 0 Å². The molecule has 8 N–H and O–H groups in total. The minimum atomic E-state index is -0.833. The molecule has 0 spiro atoms. The van der Waals surface area contributed by atoms with Crippen LogP contribution < -0.4 is 27.0 Å². The molecule has 0 radical (unpaired) electrons. The number of thiophene rings is 1. The molecule has 1 atom stereocenters. The van der Waals surface area contributed by atoms with Gasteiger partial charge in [-0.2, -0.15) is 0 Å². The SMILES string of the molecule is CC(=O)O.COC(=O)c1cc(NC(=O)c2ccc(C(C)Nc3ccccc3NC(=O)Nc3ccc(C(=N)N)cc3)cc2)cs1. The molecule has 13 heteroatoms. The van der Waals surface area contributed by atoms with E-state index in [2.05, 4.69) is 21.3 Å². The Hall–Kier alpha value is -5.69. The number of benzene rings is 3. The summed E-state index contributed by atoms with van der Waals surface area (Å²) in [4.78, 5) is 46.3. The predicted molar refractivity (Wildman–Crippen MR) is 172 cm³/mol. The lowest BCUT2D eigenvalue weighted by Crippen LogP contribution is -2.21. The van der Waals surface area contributed by atoms with Crippen molar-refractivity contribution in [2.24, 2.45) is 5.73 Å². The summed E-state index contributed by atoms with van der Waals surface area (Å²) in [6, 6.07) is 22.2. The van der Waals surface area contributed by atoms with Crippen molar-refractivity contribution in [1.29, 1.82) is 5.41 Å². The van der Waals surface area contributed by atoms with Crippen molar-refractivity contribution >= 4 is 63.8 Å². The Bertz CT molecular complexity index is 1630. The van der Waals surface area contributed by atoms with E-state index >= 15 is 0 Å². The van der Waals surface area contributed by atoms with Gasteiger partial charge in [-0.1, -0.05) is 24.3 Å². The summed E-state index contributed by atoms with van der Waals surface area (Å²) in [6.07, 6.45) is 0. The maximum atomic E-state index is 12.7. The zero-order valence-corrected chi connectivity index (χ0v) is 25.0. The van der Waals surface area contributed by atoms with Crippen molar-refractivity contribution in [2.75, 3.05) is 28.4 Å². The summed E-state index contributed by atoms with van der Waals surface area (Å²) < 4.78 is 4.70. The third-order valence-electron chi connectivity index (χ3n) is 5.92. The number of ether oxygens (including phenoxy) is 1. The predicted octanol–water partition coefficient (Wildman–Crippen LogP) is 5.98. The molecule has 228 valence electrons. The maximum Gasteiger partial charge on any atom is 0.348 e. The number of para-hydroxylation sites is 2. The highest BCUT2D eigenvalue weighted by atomic mass is 32.1. The number of carboxylic acids is 1. The first-order valence-electron chi connectivity index (χ1n) is 13.1. The molecular formula is C31H32N6O6S. The van der Waals surface area contributed by atoms with Gasteiger partial charge in [0.1, 0.15) is 10.7 Å². The number of aliphatic carboxylic acids is 1. The second-order valence-corrected chi connectivity index (χ2v) is 10.2. The van der Waals surface area contributed by atoms with Crippen LogP contribution >= 0.6 is 11.3 Å². The lowest BCUT2D eigenvalue weighted by atomic mass is 10.0. The summed E-state index contributed by atoms with van der Waals surface area (Å²) in [6.45, 7) is 3.06. The Morgan fingerprint density at radius 2 is 1.45 bits per heavy atom. The fraction of sp³-hybridized carbons (Fsp3) is 0.129. The molecule has 3 amide bonds. The van der Waals surface area contributed by atoms with E-state index in [4.69, 9.17) is 25.8 Å². The second-order valence-electron chi connectivity index (χ2n) is 9.27. The van der Waals surface area contributed by atoms with Crippen LogP contribution in [-0.2, 0) is 9.53 Å². The van der Waals surface area contributed by atoms with E-state index < -0.39 is 18.0 Å². The number of carbonyl (C=O) groups is 4. The standard InChI is InChI=1S/C29H28N6O4S.C2H4O2/c1-17(18-7-9-20(10-8-18)27(36)33-22-15-25(40-16-22)28(37)39-2)32-23-5-3-4-6-24(23)35-29(38)34-21-13-11-19(12-14-21)26(30)31;1-2(3)4/h3-17,32H,1-2H3,(H3,30,31)(H,33,36)(H2,34,35,38);1H3,(H,3,4). The van der Waals surface area contributed by atoms with Crippen molar-refractivity contribution in [1.82, 2.24) is 0 Å². The quantitative estimate of drug-likeness (QED) is 0.0677. The fourth-order valence-corrected chi connectivity index (χ4v) is 4.54. The van der Waals surface area contributed by atoms with E-state index in [-0.39, 0.29) is 17.8 Å². The third kappa shape index (κ3) is 9.70. The molecule has 12 nitrogen and oxygen atoms in total. The highest BCUT2D eigenvalue weighted by molar-refractivity contribution is 7.12. The fourth-order valence-electron chi connectivity index (χ4n) is 3.79. The van der Waals surface area contributed by atoms with E-state index in [1.165, 1.54) is 18.4 Å². The van der Waals surface area contributed by atoms with Gasteiger partial charge in [-0.05, 0) is 67.1 Å². The molecule has 4 aromatic rings. The molecule has 4 rings (SSSR count). The number of carboxylic acid groups (broad SMARTS) is 1. The molecular weight excluding hydrogens is 584 g/mol. The van der Waals surface area contributed by atoms with Crippen LogP contribution in [0.25, 0.3) is 0 Å². The smallest absolute Gasteiger partial charge is 0.348 e. The van der Waals surface area contributed by atoms with Crippen molar-refractivity contribution in [2.45, 2.75) is 19.9 Å². The average Bonchev–Trinajstić information content (AvgIpc) is 3.46. The minimum Gasteiger partial charge on any atom is -0.481 e. The third-order valence-corrected chi connectivity index (χ3v) is 6.83. The number of anilines is 4. The summed E-state index contributed by atoms with van der Waals surface area (Å²) in [5, 5.41) is 28.4. The first kappa shape index (κ1) is 32.8. The van der Waals surface area contributed by atoms with Crippen LogP contribution in [0.3, 0.4) is 0 Å². The number of esters is 1. The molecule has 0 aliphatic rings. The normalized spacial score (nSPS) is 10.7. The van der Waals surface area contributed by atoms with Gasteiger partial charge in [0.25, 0.3) is 11.9 Å². The monoisotopic (exact) mass is 616 g/mol. The largest absolute Gasteiger partial charge is 0.481 e. The van der Waals surface area contributed by atoms with Crippen molar-refractivity contribution in [3.63, 3.8) is 0 Å². The van der Waals surface area contributed by atoms with E-state index in [1.54, 1.807) is 53.9 Å². The zero-order chi connectivity index (χ0) is 32.2. The van der Waals surface area contributed by atoms with Gasteiger partial charge in [0.2, 0.25) is 0 Å². The van der Waals surface area contributed by atoms with Crippen LogP contribution in [0.5, 0.6) is 0 Å². The number of carbonyl (C=O) groups excluding carboxylic acids is 3. The Morgan fingerprint density at radius 3 is 2.05 bits per heavy atom.